The minimum atomic E-state index is 0.227. The first-order valence-electron chi connectivity index (χ1n) is 8.01. The number of allylic oxidation sites excluding steroid dienone is 3. The predicted molar refractivity (Wildman–Crippen MR) is 94.9 cm³/mol. The van der Waals surface area contributed by atoms with Gasteiger partial charge in [-0.25, -0.2) is 0 Å². The largest absolute Gasteiger partial charge is 0.478 e. The van der Waals surface area contributed by atoms with Gasteiger partial charge in [-0.15, -0.1) is 0 Å². The second-order valence-electron chi connectivity index (χ2n) is 5.36. The van der Waals surface area contributed by atoms with Gasteiger partial charge >= 0.3 is 0 Å². The van der Waals surface area contributed by atoms with Gasteiger partial charge in [0.2, 0.25) is 5.90 Å². The van der Waals surface area contributed by atoms with Crippen molar-refractivity contribution < 1.29 is 4.74 Å². The maximum atomic E-state index is 7.81. The highest BCUT2D eigenvalue weighted by Gasteiger charge is 2.16. The third-order valence-corrected chi connectivity index (χ3v) is 3.60. The van der Waals surface area contributed by atoms with Crippen molar-refractivity contribution >= 4 is 5.90 Å². The summed E-state index contributed by atoms with van der Waals surface area (Å²) in [6, 6.07) is 7.98. The standard InChI is InChI=1S/C19H25N3O/c1-4-6-7-8-18-21(3)13-14-22(18)15-16-9-11-17(12-10-16)19(20)23-5-2/h6-14,20H,4-5,15H2,1-3H3/b7-6+,18-8+,20-19?. The molecular weight excluding hydrogens is 286 g/mol. The first-order valence-corrected chi connectivity index (χ1v) is 8.01. The van der Waals surface area contributed by atoms with Crippen molar-refractivity contribution in [3.05, 3.63) is 71.8 Å². The molecule has 1 heterocycles. The Morgan fingerprint density at radius 2 is 1.91 bits per heavy atom. The van der Waals surface area contributed by atoms with Gasteiger partial charge in [-0.3, -0.25) is 5.41 Å². The summed E-state index contributed by atoms with van der Waals surface area (Å²) in [5, 5.41) is 7.81. The second-order valence-corrected chi connectivity index (χ2v) is 5.36. The molecule has 0 bridgehead atoms. The van der Waals surface area contributed by atoms with Crippen LogP contribution >= 0.6 is 0 Å². The van der Waals surface area contributed by atoms with Gasteiger partial charge in [0, 0.05) is 31.6 Å². The lowest BCUT2D eigenvalue weighted by Gasteiger charge is -2.22. The van der Waals surface area contributed by atoms with Crippen molar-refractivity contribution in [2.75, 3.05) is 13.7 Å². The van der Waals surface area contributed by atoms with Crippen molar-refractivity contribution in [3.63, 3.8) is 0 Å². The maximum absolute atomic E-state index is 7.81. The molecule has 0 radical (unpaired) electrons. The molecule has 4 nitrogen and oxygen atoms in total. The smallest absolute Gasteiger partial charge is 0.213 e. The first-order chi connectivity index (χ1) is 11.2. The molecule has 122 valence electrons. The van der Waals surface area contributed by atoms with E-state index in [1.165, 1.54) is 5.56 Å². The van der Waals surface area contributed by atoms with E-state index in [2.05, 4.69) is 66.5 Å². The zero-order valence-electron chi connectivity index (χ0n) is 14.1. The summed E-state index contributed by atoms with van der Waals surface area (Å²) in [6.07, 6.45) is 11.5. The monoisotopic (exact) mass is 311 g/mol. The SMILES string of the molecule is CC/C=C/C=C1\N(C)C=CN1Cc1ccc(C(=N)OCC)cc1. The van der Waals surface area contributed by atoms with Gasteiger partial charge in [-0.1, -0.05) is 31.2 Å². The number of rotatable bonds is 6. The fraction of sp³-hybridized carbons (Fsp3) is 0.316. The molecule has 0 amide bonds. The zero-order valence-corrected chi connectivity index (χ0v) is 14.1. The Kier molecular flexibility index (Phi) is 6.03. The average Bonchev–Trinajstić information content (AvgIpc) is 2.89. The molecule has 1 aromatic carbocycles. The Bertz CT molecular complexity index is 614. The van der Waals surface area contributed by atoms with Crippen molar-refractivity contribution in [2.45, 2.75) is 26.8 Å². The number of hydrogen-bond donors (Lipinski definition) is 1. The van der Waals surface area contributed by atoms with Crippen LogP contribution in [0.1, 0.15) is 31.4 Å². The third kappa shape index (κ3) is 4.49. The molecule has 1 aliphatic rings. The average molecular weight is 311 g/mol. The Labute approximate surface area is 138 Å². The summed E-state index contributed by atoms with van der Waals surface area (Å²) in [7, 11) is 2.05. The van der Waals surface area contributed by atoms with Gasteiger partial charge in [0.25, 0.3) is 0 Å². The lowest BCUT2D eigenvalue weighted by molar-refractivity contribution is 0.325. The molecular formula is C19H25N3O. The van der Waals surface area contributed by atoms with E-state index in [9.17, 15) is 0 Å². The minimum absolute atomic E-state index is 0.227. The van der Waals surface area contributed by atoms with E-state index in [4.69, 9.17) is 10.1 Å². The van der Waals surface area contributed by atoms with Crippen LogP contribution in [0, 0.1) is 5.41 Å². The molecule has 0 aliphatic carbocycles. The van der Waals surface area contributed by atoms with E-state index in [1.54, 1.807) is 0 Å². The highest BCUT2D eigenvalue weighted by molar-refractivity contribution is 5.91. The second kappa shape index (κ2) is 8.22. The van der Waals surface area contributed by atoms with Gasteiger partial charge in [0.05, 0.1) is 6.61 Å². The van der Waals surface area contributed by atoms with Crippen molar-refractivity contribution in [2.24, 2.45) is 0 Å². The lowest BCUT2D eigenvalue weighted by Crippen LogP contribution is -2.19. The molecule has 0 aromatic heterocycles. The normalized spacial score (nSPS) is 15.9. The molecule has 0 saturated heterocycles. The number of nitrogens with zero attached hydrogens (tertiary/aromatic N) is 2. The minimum Gasteiger partial charge on any atom is -0.478 e. The molecule has 0 unspecified atom stereocenters. The van der Waals surface area contributed by atoms with E-state index in [0.29, 0.717) is 6.61 Å². The quantitative estimate of drug-likeness (QED) is 0.636. The van der Waals surface area contributed by atoms with Crippen LogP contribution in [0.5, 0.6) is 0 Å². The number of benzene rings is 1. The maximum Gasteiger partial charge on any atom is 0.213 e. The van der Waals surface area contributed by atoms with Crippen LogP contribution in [-0.2, 0) is 11.3 Å². The molecule has 0 atom stereocenters. The van der Waals surface area contributed by atoms with Crippen LogP contribution in [0.4, 0.5) is 0 Å². The summed E-state index contributed by atoms with van der Waals surface area (Å²) in [4.78, 5) is 4.32. The lowest BCUT2D eigenvalue weighted by atomic mass is 10.1. The number of hydrogen-bond acceptors (Lipinski definition) is 4. The Balaban J connectivity index is 2.06. The van der Waals surface area contributed by atoms with Crippen LogP contribution in [0.15, 0.2) is 60.7 Å². The molecule has 0 spiro atoms. The molecule has 2 rings (SSSR count). The van der Waals surface area contributed by atoms with Gasteiger partial charge in [0.15, 0.2) is 0 Å². The van der Waals surface area contributed by atoms with Crippen LogP contribution < -0.4 is 0 Å². The topological polar surface area (TPSA) is 39.6 Å². The Hall–Kier alpha value is -2.49. The first kappa shape index (κ1) is 16.9. The van der Waals surface area contributed by atoms with Crippen LogP contribution in [0.3, 0.4) is 0 Å². The van der Waals surface area contributed by atoms with E-state index < -0.39 is 0 Å². The van der Waals surface area contributed by atoms with E-state index >= 15 is 0 Å². The van der Waals surface area contributed by atoms with Crippen LogP contribution in [0.2, 0.25) is 0 Å². The highest BCUT2D eigenvalue weighted by Crippen LogP contribution is 2.21. The Morgan fingerprint density at radius 1 is 1.17 bits per heavy atom. The highest BCUT2D eigenvalue weighted by atomic mass is 16.5. The summed E-state index contributed by atoms with van der Waals surface area (Å²) in [5.74, 6) is 1.38. The molecule has 1 aliphatic heterocycles. The van der Waals surface area contributed by atoms with Crippen molar-refractivity contribution in [3.8, 4) is 0 Å². The summed E-state index contributed by atoms with van der Waals surface area (Å²) in [6.45, 7) is 5.34. The molecule has 1 N–H and O–H groups in total. The van der Waals surface area contributed by atoms with Crippen LogP contribution in [-0.4, -0.2) is 29.4 Å². The number of ether oxygens (including phenoxy) is 1. The van der Waals surface area contributed by atoms with Crippen molar-refractivity contribution in [1.29, 1.82) is 5.41 Å². The van der Waals surface area contributed by atoms with E-state index in [1.807, 2.05) is 19.1 Å². The Morgan fingerprint density at radius 3 is 2.57 bits per heavy atom. The zero-order chi connectivity index (χ0) is 16.7. The van der Waals surface area contributed by atoms with Gasteiger partial charge in [-0.05, 0) is 37.1 Å². The molecule has 1 aromatic rings. The third-order valence-electron chi connectivity index (χ3n) is 3.60. The predicted octanol–water partition coefficient (Wildman–Crippen LogP) is 4.07. The molecule has 0 fully saturated rings. The van der Waals surface area contributed by atoms with E-state index in [-0.39, 0.29) is 5.90 Å². The number of nitrogens with one attached hydrogen (secondary N) is 1. The fourth-order valence-corrected chi connectivity index (χ4v) is 2.36. The van der Waals surface area contributed by atoms with Gasteiger partial charge < -0.3 is 14.5 Å². The summed E-state index contributed by atoms with van der Waals surface area (Å²) in [5.41, 5.74) is 2.01. The van der Waals surface area contributed by atoms with Gasteiger partial charge in [0.1, 0.15) is 5.82 Å². The fourth-order valence-electron chi connectivity index (χ4n) is 2.36. The van der Waals surface area contributed by atoms with Crippen molar-refractivity contribution in [1.82, 2.24) is 9.80 Å². The van der Waals surface area contributed by atoms with Crippen LogP contribution in [0.25, 0.3) is 0 Å². The molecule has 0 saturated carbocycles. The summed E-state index contributed by atoms with van der Waals surface area (Å²) >= 11 is 0. The summed E-state index contributed by atoms with van der Waals surface area (Å²) < 4.78 is 5.23. The van der Waals surface area contributed by atoms with Gasteiger partial charge in [-0.2, -0.15) is 0 Å². The molecule has 23 heavy (non-hydrogen) atoms. The van der Waals surface area contributed by atoms with E-state index in [0.717, 1.165) is 24.4 Å². The molecule has 4 heteroatoms.